The third-order valence-electron chi connectivity index (χ3n) is 1.79. The van der Waals surface area contributed by atoms with E-state index in [9.17, 15) is 4.79 Å². The first kappa shape index (κ1) is 8.76. The van der Waals surface area contributed by atoms with Crippen LogP contribution in [0.3, 0.4) is 0 Å². The second-order valence-electron chi connectivity index (χ2n) is 2.95. The molecule has 74 valence electrons. The molecular formula is C8H9N3O3. The van der Waals surface area contributed by atoms with Crippen molar-refractivity contribution in [3.8, 4) is 0 Å². The summed E-state index contributed by atoms with van der Waals surface area (Å²) < 4.78 is 10.1. The molecule has 4 N–H and O–H groups in total. The molecular weight excluding hydrogens is 186 g/mol. The molecule has 0 fully saturated rings. The average molecular weight is 195 g/mol. The van der Waals surface area contributed by atoms with E-state index in [1.807, 2.05) is 0 Å². The van der Waals surface area contributed by atoms with Crippen LogP contribution in [0, 0.1) is 0 Å². The Hall–Kier alpha value is -1.82. The summed E-state index contributed by atoms with van der Waals surface area (Å²) in [5, 5.41) is 0. The first-order chi connectivity index (χ1) is 6.66. The topological polar surface area (TPSA) is 108 Å². The molecule has 2 heterocycles. The lowest BCUT2D eigenvalue weighted by Gasteiger charge is -2.02. The number of rotatable bonds is 3. The Morgan fingerprint density at radius 1 is 1.57 bits per heavy atom. The average Bonchev–Trinajstić information content (AvgIpc) is 2.58. The third kappa shape index (κ3) is 1.47. The maximum atomic E-state index is 10.6. The van der Waals surface area contributed by atoms with Gasteiger partial charge in [-0.25, -0.2) is 4.98 Å². The van der Waals surface area contributed by atoms with Crippen molar-refractivity contribution in [1.29, 1.82) is 0 Å². The van der Waals surface area contributed by atoms with Crippen molar-refractivity contribution in [2.75, 3.05) is 0 Å². The molecule has 2 rings (SSSR count). The highest BCUT2D eigenvalue weighted by molar-refractivity contribution is 5.75. The summed E-state index contributed by atoms with van der Waals surface area (Å²) in [4.78, 5) is 14.6. The van der Waals surface area contributed by atoms with Crippen LogP contribution in [0.25, 0.3) is 11.1 Å². The third-order valence-corrected chi connectivity index (χ3v) is 1.79. The predicted molar refractivity (Wildman–Crippen MR) is 47.0 cm³/mol. The van der Waals surface area contributed by atoms with Gasteiger partial charge in [0.2, 0.25) is 11.8 Å². The summed E-state index contributed by atoms with van der Waals surface area (Å²) in [6.45, 7) is 0. The summed E-state index contributed by atoms with van der Waals surface area (Å²) >= 11 is 0. The van der Waals surface area contributed by atoms with E-state index in [-0.39, 0.29) is 6.42 Å². The predicted octanol–water partition coefficient (Wildman–Crippen LogP) is 0.296. The van der Waals surface area contributed by atoms with Gasteiger partial charge < -0.3 is 20.3 Å². The minimum Gasteiger partial charge on any atom is -0.466 e. The van der Waals surface area contributed by atoms with E-state index in [1.165, 1.54) is 12.5 Å². The molecule has 14 heavy (non-hydrogen) atoms. The Balaban J connectivity index is 2.25. The van der Waals surface area contributed by atoms with E-state index < -0.39 is 11.9 Å². The van der Waals surface area contributed by atoms with Crippen LogP contribution in [0.5, 0.6) is 0 Å². The van der Waals surface area contributed by atoms with Crippen LogP contribution in [0.2, 0.25) is 0 Å². The van der Waals surface area contributed by atoms with Gasteiger partial charge in [-0.1, -0.05) is 0 Å². The smallest absolute Gasteiger partial charge is 0.219 e. The van der Waals surface area contributed by atoms with E-state index in [4.69, 9.17) is 20.3 Å². The van der Waals surface area contributed by atoms with Crippen molar-refractivity contribution in [3.05, 3.63) is 18.4 Å². The van der Waals surface area contributed by atoms with E-state index >= 15 is 0 Å². The van der Waals surface area contributed by atoms with E-state index in [0.29, 0.717) is 17.0 Å². The highest BCUT2D eigenvalue weighted by Crippen LogP contribution is 2.20. The second-order valence-corrected chi connectivity index (χ2v) is 2.95. The van der Waals surface area contributed by atoms with Gasteiger partial charge >= 0.3 is 0 Å². The molecule has 6 heteroatoms. The molecule has 0 radical (unpaired) electrons. The van der Waals surface area contributed by atoms with Gasteiger partial charge in [-0.3, -0.25) is 4.79 Å². The minimum atomic E-state index is -0.597. The number of nitrogens with zero attached hydrogens (tertiary/aromatic N) is 1. The molecule has 0 spiro atoms. The summed E-state index contributed by atoms with van der Waals surface area (Å²) in [7, 11) is 0. The molecule has 0 aliphatic rings. The highest BCUT2D eigenvalue weighted by Gasteiger charge is 2.16. The number of primary amides is 1. The van der Waals surface area contributed by atoms with E-state index in [1.54, 1.807) is 0 Å². The largest absolute Gasteiger partial charge is 0.466 e. The number of carbonyl (C=O) groups is 1. The molecule has 0 saturated carbocycles. The van der Waals surface area contributed by atoms with Crippen molar-refractivity contribution < 1.29 is 13.6 Å². The summed E-state index contributed by atoms with van der Waals surface area (Å²) in [5.41, 5.74) is 11.7. The number of aromatic nitrogens is 1. The molecule has 6 nitrogen and oxygen atoms in total. The number of amides is 1. The second kappa shape index (κ2) is 3.15. The molecule has 0 aliphatic heterocycles. The van der Waals surface area contributed by atoms with Gasteiger partial charge in [0, 0.05) is 0 Å². The van der Waals surface area contributed by atoms with Crippen LogP contribution in [-0.4, -0.2) is 10.9 Å². The molecule has 0 saturated heterocycles. The normalized spacial score (nSPS) is 13.2. The van der Waals surface area contributed by atoms with Gasteiger partial charge in [0.1, 0.15) is 18.0 Å². The van der Waals surface area contributed by atoms with Gasteiger partial charge in [-0.15, -0.1) is 0 Å². The molecule has 2 aromatic heterocycles. The molecule has 0 aromatic carbocycles. The first-order valence-electron chi connectivity index (χ1n) is 4.03. The lowest BCUT2D eigenvalue weighted by Crippen LogP contribution is -2.20. The van der Waals surface area contributed by atoms with Crippen LogP contribution in [0.15, 0.2) is 21.4 Å². The highest BCUT2D eigenvalue weighted by atomic mass is 16.4. The number of oxazole rings is 1. The zero-order chi connectivity index (χ0) is 10.1. The van der Waals surface area contributed by atoms with Crippen LogP contribution in [0.4, 0.5) is 0 Å². The minimum absolute atomic E-state index is 0.0141. The monoisotopic (exact) mass is 195 g/mol. The van der Waals surface area contributed by atoms with Crippen LogP contribution >= 0.6 is 0 Å². The Morgan fingerprint density at radius 2 is 2.36 bits per heavy atom. The standard InChI is InChI=1S/C8H9N3O3/c9-4(1-7(10)12)8-11-5-2-13-3-6(5)14-8/h2-4H,1,9H2,(H2,10,12)/t4-/m0/s1. The van der Waals surface area contributed by atoms with Crippen molar-refractivity contribution in [2.24, 2.45) is 11.5 Å². The SMILES string of the molecule is NC(=O)C[C@H](N)c1nc2cocc2o1. The molecule has 2 aromatic rings. The van der Waals surface area contributed by atoms with Gasteiger partial charge in [-0.2, -0.15) is 0 Å². The van der Waals surface area contributed by atoms with Gasteiger partial charge in [0.15, 0.2) is 5.58 Å². The number of hydrogen-bond acceptors (Lipinski definition) is 5. The van der Waals surface area contributed by atoms with Gasteiger partial charge in [0.05, 0.1) is 12.5 Å². The van der Waals surface area contributed by atoms with Crippen LogP contribution in [0.1, 0.15) is 18.4 Å². The molecule has 0 unspecified atom stereocenters. The van der Waals surface area contributed by atoms with Crippen molar-refractivity contribution in [3.63, 3.8) is 0 Å². The van der Waals surface area contributed by atoms with Crippen LogP contribution < -0.4 is 11.5 Å². The maximum absolute atomic E-state index is 10.6. The molecule has 0 bridgehead atoms. The fourth-order valence-electron chi connectivity index (χ4n) is 1.15. The van der Waals surface area contributed by atoms with Crippen molar-refractivity contribution >= 4 is 17.0 Å². The summed E-state index contributed by atoms with van der Waals surface area (Å²) in [6, 6.07) is -0.597. The maximum Gasteiger partial charge on any atom is 0.219 e. The Morgan fingerprint density at radius 3 is 3.00 bits per heavy atom. The van der Waals surface area contributed by atoms with Crippen molar-refractivity contribution in [1.82, 2.24) is 4.98 Å². The number of hydrogen-bond donors (Lipinski definition) is 2. The Labute approximate surface area is 78.9 Å². The summed E-state index contributed by atoms with van der Waals surface area (Å²) in [5.74, 6) is -0.190. The lowest BCUT2D eigenvalue weighted by atomic mass is 10.2. The zero-order valence-corrected chi connectivity index (χ0v) is 7.27. The van der Waals surface area contributed by atoms with E-state index in [2.05, 4.69) is 4.98 Å². The lowest BCUT2D eigenvalue weighted by molar-refractivity contribution is -0.118. The number of nitrogens with two attached hydrogens (primary N) is 2. The number of fused-ring (bicyclic) bond motifs is 1. The molecule has 1 atom stereocenters. The quantitative estimate of drug-likeness (QED) is 0.731. The van der Waals surface area contributed by atoms with E-state index in [0.717, 1.165) is 0 Å². The number of carbonyl (C=O) groups excluding carboxylic acids is 1. The first-order valence-corrected chi connectivity index (χ1v) is 4.03. The fraction of sp³-hybridized carbons (Fsp3) is 0.250. The van der Waals surface area contributed by atoms with Gasteiger partial charge in [0.25, 0.3) is 0 Å². The Kier molecular flexibility index (Phi) is 1.97. The Bertz CT molecular complexity index is 431. The van der Waals surface area contributed by atoms with Crippen molar-refractivity contribution in [2.45, 2.75) is 12.5 Å². The fourth-order valence-corrected chi connectivity index (χ4v) is 1.15. The zero-order valence-electron chi connectivity index (χ0n) is 7.27. The molecule has 1 amide bonds. The summed E-state index contributed by atoms with van der Waals surface area (Å²) in [6.07, 6.45) is 2.88. The van der Waals surface area contributed by atoms with Gasteiger partial charge in [-0.05, 0) is 0 Å². The number of furan rings is 1. The molecule has 0 aliphatic carbocycles. The van der Waals surface area contributed by atoms with Crippen LogP contribution in [-0.2, 0) is 4.79 Å².